The van der Waals surface area contributed by atoms with Gasteiger partial charge in [0, 0.05) is 6.07 Å². The minimum atomic E-state index is -0.742. The highest BCUT2D eigenvalue weighted by atomic mass is 32.1. The van der Waals surface area contributed by atoms with Gasteiger partial charge < -0.3 is 14.8 Å². The van der Waals surface area contributed by atoms with E-state index in [1.807, 2.05) is 0 Å². The second-order valence-electron chi connectivity index (χ2n) is 4.56. The number of rotatable bonds is 3. The topological polar surface area (TPSA) is 54.9 Å². The molecule has 0 spiro atoms. The first-order chi connectivity index (χ1) is 11.1. The number of nitrogens with one attached hydrogen (secondary N) is 2. The molecule has 0 fully saturated rings. The van der Waals surface area contributed by atoms with Crippen molar-refractivity contribution in [1.29, 1.82) is 0 Å². The Morgan fingerprint density at radius 2 is 1.96 bits per heavy atom. The van der Waals surface area contributed by atoms with Gasteiger partial charge in [-0.15, -0.1) is 0 Å². The van der Waals surface area contributed by atoms with Gasteiger partial charge in [0.15, 0.2) is 16.6 Å². The zero-order valence-electron chi connectivity index (χ0n) is 11.7. The molecule has 5 nitrogen and oxygen atoms in total. The van der Waals surface area contributed by atoms with Crippen LogP contribution in [-0.4, -0.2) is 18.1 Å². The van der Waals surface area contributed by atoms with Gasteiger partial charge in [0.2, 0.25) is 6.79 Å². The molecule has 1 heterocycles. The average molecular weight is 335 g/mol. The zero-order valence-corrected chi connectivity index (χ0v) is 12.5. The molecule has 0 bridgehead atoms. The van der Waals surface area contributed by atoms with Gasteiger partial charge in [0.05, 0.1) is 11.9 Å². The van der Waals surface area contributed by atoms with Crippen LogP contribution in [0.3, 0.4) is 0 Å². The lowest BCUT2D eigenvalue weighted by Crippen LogP contribution is -2.24. The van der Waals surface area contributed by atoms with Crippen LogP contribution >= 0.6 is 12.2 Å². The highest BCUT2D eigenvalue weighted by Crippen LogP contribution is 2.31. The standard InChI is InChI=1S/C15H11F2N3O2S/c16-10-2-3-12(11(17)6-10)19-15(23)20-18-7-9-1-4-13-14(5-9)22-8-21-13/h1-7H,8H2,(H2,19,20,23)/b18-7-. The van der Waals surface area contributed by atoms with Gasteiger partial charge in [-0.3, -0.25) is 5.43 Å². The number of halogens is 2. The van der Waals surface area contributed by atoms with E-state index in [0.717, 1.165) is 17.7 Å². The van der Waals surface area contributed by atoms with E-state index in [-0.39, 0.29) is 17.6 Å². The minimum Gasteiger partial charge on any atom is -0.454 e. The lowest BCUT2D eigenvalue weighted by atomic mass is 10.2. The van der Waals surface area contributed by atoms with Crippen LogP contribution in [-0.2, 0) is 0 Å². The summed E-state index contributed by atoms with van der Waals surface area (Å²) < 4.78 is 36.7. The number of hydrogen-bond acceptors (Lipinski definition) is 4. The summed E-state index contributed by atoms with van der Waals surface area (Å²) in [5.41, 5.74) is 3.38. The van der Waals surface area contributed by atoms with E-state index in [0.29, 0.717) is 11.5 Å². The maximum absolute atomic E-state index is 13.5. The number of hydrogen-bond donors (Lipinski definition) is 2. The number of thiocarbonyl (C=S) groups is 1. The third-order valence-corrected chi connectivity index (χ3v) is 3.15. The van der Waals surface area contributed by atoms with Crippen molar-refractivity contribution in [3.05, 3.63) is 53.6 Å². The van der Waals surface area contributed by atoms with Gasteiger partial charge in [0.25, 0.3) is 0 Å². The number of hydrazone groups is 1. The minimum absolute atomic E-state index is 0.0576. The highest BCUT2D eigenvalue weighted by Gasteiger charge is 2.12. The van der Waals surface area contributed by atoms with Crippen molar-refractivity contribution in [1.82, 2.24) is 5.43 Å². The van der Waals surface area contributed by atoms with Crippen LogP contribution < -0.4 is 20.2 Å². The molecule has 0 radical (unpaired) electrons. The third kappa shape index (κ3) is 3.72. The molecule has 118 valence electrons. The quantitative estimate of drug-likeness (QED) is 0.513. The van der Waals surface area contributed by atoms with Gasteiger partial charge >= 0.3 is 0 Å². The first-order valence-electron chi connectivity index (χ1n) is 6.56. The van der Waals surface area contributed by atoms with Crippen LogP contribution in [0.2, 0.25) is 0 Å². The Hall–Kier alpha value is -2.74. The SMILES string of the molecule is Fc1ccc(NC(=S)N/N=C\c2ccc3c(c2)OCO3)c(F)c1. The third-order valence-electron chi connectivity index (χ3n) is 2.96. The van der Waals surface area contributed by atoms with Gasteiger partial charge in [-0.2, -0.15) is 5.10 Å². The normalized spacial score (nSPS) is 12.4. The molecule has 2 N–H and O–H groups in total. The predicted octanol–water partition coefficient (Wildman–Crippen LogP) is 3.01. The van der Waals surface area contributed by atoms with Crippen molar-refractivity contribution in [3.8, 4) is 11.5 Å². The van der Waals surface area contributed by atoms with E-state index in [4.69, 9.17) is 21.7 Å². The van der Waals surface area contributed by atoms with Crippen LogP contribution in [0.1, 0.15) is 5.56 Å². The molecular formula is C15H11F2N3O2S. The Morgan fingerprint density at radius 3 is 2.78 bits per heavy atom. The second-order valence-corrected chi connectivity index (χ2v) is 4.97. The molecule has 0 atom stereocenters. The summed E-state index contributed by atoms with van der Waals surface area (Å²) in [5, 5.41) is 6.60. The molecule has 8 heteroatoms. The fraction of sp³-hybridized carbons (Fsp3) is 0.0667. The maximum Gasteiger partial charge on any atom is 0.231 e. The molecule has 0 aromatic heterocycles. The molecule has 0 aliphatic carbocycles. The smallest absolute Gasteiger partial charge is 0.231 e. The molecule has 0 saturated heterocycles. The summed E-state index contributed by atoms with van der Waals surface area (Å²) in [4.78, 5) is 0. The van der Waals surface area contributed by atoms with Gasteiger partial charge in [-0.1, -0.05) is 0 Å². The van der Waals surface area contributed by atoms with Gasteiger partial charge in [-0.25, -0.2) is 8.78 Å². The molecule has 1 aliphatic heterocycles. The van der Waals surface area contributed by atoms with Crippen LogP contribution in [0.25, 0.3) is 0 Å². The summed E-state index contributed by atoms with van der Waals surface area (Å²) in [6.45, 7) is 0.200. The van der Waals surface area contributed by atoms with Crippen LogP contribution in [0.4, 0.5) is 14.5 Å². The van der Waals surface area contributed by atoms with E-state index in [1.54, 1.807) is 18.2 Å². The zero-order chi connectivity index (χ0) is 16.2. The molecule has 1 aliphatic rings. The Balaban J connectivity index is 1.58. The van der Waals surface area contributed by atoms with Crippen LogP contribution in [0.5, 0.6) is 11.5 Å². The van der Waals surface area contributed by atoms with Crippen molar-refractivity contribution in [2.75, 3.05) is 12.1 Å². The largest absolute Gasteiger partial charge is 0.454 e. The number of benzene rings is 2. The summed E-state index contributed by atoms with van der Waals surface area (Å²) in [6.07, 6.45) is 1.52. The van der Waals surface area contributed by atoms with E-state index in [9.17, 15) is 8.78 Å². The second kappa shape index (κ2) is 6.57. The van der Waals surface area contributed by atoms with Gasteiger partial charge in [0.1, 0.15) is 11.6 Å². The predicted molar refractivity (Wildman–Crippen MR) is 85.9 cm³/mol. The monoisotopic (exact) mass is 335 g/mol. The lowest BCUT2D eigenvalue weighted by molar-refractivity contribution is 0.174. The molecular weight excluding hydrogens is 324 g/mol. The summed E-state index contributed by atoms with van der Waals surface area (Å²) >= 11 is 4.98. The number of ether oxygens (including phenoxy) is 2. The number of nitrogens with zero attached hydrogens (tertiary/aromatic N) is 1. The Labute approximate surface area is 135 Å². The van der Waals surface area contributed by atoms with E-state index in [2.05, 4.69) is 15.8 Å². The Kier molecular flexibility index (Phi) is 4.33. The first kappa shape index (κ1) is 15.2. The van der Waals surface area contributed by atoms with Crippen molar-refractivity contribution in [3.63, 3.8) is 0 Å². The van der Waals surface area contributed by atoms with Crippen LogP contribution in [0.15, 0.2) is 41.5 Å². The van der Waals surface area contributed by atoms with Crippen molar-refractivity contribution < 1.29 is 18.3 Å². The average Bonchev–Trinajstić information content (AvgIpc) is 2.98. The van der Waals surface area contributed by atoms with E-state index >= 15 is 0 Å². The fourth-order valence-electron chi connectivity index (χ4n) is 1.90. The fourth-order valence-corrected chi connectivity index (χ4v) is 2.06. The Bertz CT molecular complexity index is 783. The lowest BCUT2D eigenvalue weighted by Gasteiger charge is -2.07. The molecule has 0 amide bonds. The summed E-state index contributed by atoms with van der Waals surface area (Å²) in [7, 11) is 0. The highest BCUT2D eigenvalue weighted by molar-refractivity contribution is 7.80. The molecule has 0 unspecified atom stereocenters. The van der Waals surface area contributed by atoms with Crippen molar-refractivity contribution >= 4 is 29.2 Å². The van der Waals surface area contributed by atoms with E-state index in [1.165, 1.54) is 12.3 Å². The van der Waals surface area contributed by atoms with Crippen LogP contribution in [0, 0.1) is 11.6 Å². The molecule has 23 heavy (non-hydrogen) atoms. The van der Waals surface area contributed by atoms with Crippen molar-refractivity contribution in [2.24, 2.45) is 5.10 Å². The number of anilines is 1. The summed E-state index contributed by atoms with van der Waals surface area (Å²) in [6, 6.07) is 8.48. The summed E-state index contributed by atoms with van der Waals surface area (Å²) in [5.74, 6) is -0.0798. The first-order valence-corrected chi connectivity index (χ1v) is 6.97. The number of fused-ring (bicyclic) bond motifs is 1. The maximum atomic E-state index is 13.5. The molecule has 2 aromatic carbocycles. The van der Waals surface area contributed by atoms with Gasteiger partial charge in [-0.05, 0) is 48.1 Å². The van der Waals surface area contributed by atoms with Crippen molar-refractivity contribution in [2.45, 2.75) is 0 Å². The molecule has 2 aromatic rings. The molecule has 0 saturated carbocycles. The van der Waals surface area contributed by atoms with E-state index < -0.39 is 11.6 Å². The Morgan fingerprint density at radius 1 is 1.13 bits per heavy atom. The molecule has 3 rings (SSSR count).